The minimum atomic E-state index is -0.907. The first kappa shape index (κ1) is 20.3. The van der Waals surface area contributed by atoms with Crippen LogP contribution in [0.4, 0.5) is 5.69 Å². The topological polar surface area (TPSA) is 90.7 Å². The van der Waals surface area contributed by atoms with E-state index in [4.69, 9.17) is 0 Å². The van der Waals surface area contributed by atoms with Gasteiger partial charge in [0, 0.05) is 18.0 Å². The number of pyridine rings is 1. The highest BCUT2D eigenvalue weighted by Gasteiger charge is 2.47. The molecule has 3 aromatic rings. The molecule has 1 aliphatic heterocycles. The quantitative estimate of drug-likeness (QED) is 0.378. The number of aliphatic hydroxyl groups is 1. The van der Waals surface area contributed by atoms with Crippen molar-refractivity contribution in [2.24, 2.45) is 0 Å². The van der Waals surface area contributed by atoms with Crippen molar-refractivity contribution in [3.05, 3.63) is 94.3 Å². The number of Topliss-reactive ketones (excluding diaryl/α,β-unsaturated/α-hetero) is 1. The molecule has 6 heteroatoms. The average Bonchev–Trinajstić information content (AvgIpc) is 3.02. The molecule has 2 heterocycles. The third-order valence-corrected chi connectivity index (χ3v) is 5.50. The molecule has 1 saturated heterocycles. The number of aromatic nitrogens is 1. The first-order valence-electron chi connectivity index (χ1n) is 9.87. The number of rotatable bonds is 3. The van der Waals surface area contributed by atoms with Crippen LogP contribution in [0.1, 0.15) is 33.9 Å². The van der Waals surface area contributed by atoms with Gasteiger partial charge < -0.3 is 10.2 Å². The first-order chi connectivity index (χ1) is 14.8. The van der Waals surface area contributed by atoms with E-state index in [9.17, 15) is 19.8 Å². The third kappa shape index (κ3) is 3.46. The smallest absolute Gasteiger partial charge is 0.300 e. The zero-order valence-electron chi connectivity index (χ0n) is 17.5. The lowest BCUT2D eigenvalue weighted by atomic mass is 9.93. The van der Waals surface area contributed by atoms with Crippen LogP contribution >= 0.6 is 0 Å². The maximum Gasteiger partial charge on any atom is 0.300 e. The lowest BCUT2D eigenvalue weighted by Gasteiger charge is -2.26. The molecule has 1 fully saturated rings. The van der Waals surface area contributed by atoms with Crippen LogP contribution in [0.25, 0.3) is 5.76 Å². The van der Waals surface area contributed by atoms with Gasteiger partial charge in [0.25, 0.3) is 11.7 Å². The lowest BCUT2D eigenvalue weighted by molar-refractivity contribution is -0.132. The number of aryl methyl sites for hydroxylation is 3. The molecule has 1 aliphatic rings. The zero-order valence-corrected chi connectivity index (χ0v) is 17.5. The van der Waals surface area contributed by atoms with Crippen molar-refractivity contribution in [2.75, 3.05) is 4.90 Å². The monoisotopic (exact) mass is 414 g/mol. The average molecular weight is 414 g/mol. The van der Waals surface area contributed by atoms with Gasteiger partial charge in [-0.1, -0.05) is 23.8 Å². The molecule has 6 nitrogen and oxygen atoms in total. The summed E-state index contributed by atoms with van der Waals surface area (Å²) in [5.74, 6) is -1.98. The maximum absolute atomic E-state index is 13.2. The Morgan fingerprint density at radius 2 is 1.58 bits per heavy atom. The molecule has 0 aliphatic carbocycles. The van der Waals surface area contributed by atoms with E-state index in [1.54, 1.807) is 42.7 Å². The fourth-order valence-electron chi connectivity index (χ4n) is 3.90. The molecular weight excluding hydrogens is 392 g/mol. The van der Waals surface area contributed by atoms with Gasteiger partial charge in [-0.3, -0.25) is 19.5 Å². The number of aliphatic hydroxyl groups excluding tert-OH is 1. The Morgan fingerprint density at radius 1 is 0.935 bits per heavy atom. The molecule has 31 heavy (non-hydrogen) atoms. The number of phenols is 1. The van der Waals surface area contributed by atoms with Crippen LogP contribution in [0, 0.1) is 20.8 Å². The molecule has 0 saturated carbocycles. The van der Waals surface area contributed by atoms with Crippen LogP contribution in [-0.4, -0.2) is 26.9 Å². The Labute approximate surface area is 180 Å². The van der Waals surface area contributed by atoms with Gasteiger partial charge in [-0.15, -0.1) is 0 Å². The van der Waals surface area contributed by atoms with E-state index in [0.29, 0.717) is 11.1 Å². The molecule has 4 rings (SSSR count). The summed E-state index contributed by atoms with van der Waals surface area (Å²) in [4.78, 5) is 31.6. The van der Waals surface area contributed by atoms with E-state index in [-0.39, 0.29) is 22.8 Å². The van der Waals surface area contributed by atoms with Crippen molar-refractivity contribution >= 4 is 23.1 Å². The zero-order chi connectivity index (χ0) is 22.3. The first-order valence-corrected chi connectivity index (χ1v) is 9.87. The van der Waals surface area contributed by atoms with Gasteiger partial charge in [0.2, 0.25) is 0 Å². The predicted molar refractivity (Wildman–Crippen MR) is 118 cm³/mol. The second-order valence-electron chi connectivity index (χ2n) is 7.76. The van der Waals surface area contributed by atoms with Crippen molar-refractivity contribution in [1.82, 2.24) is 4.98 Å². The minimum absolute atomic E-state index is 0.0224. The normalized spacial score (nSPS) is 17.9. The number of nitrogens with zero attached hydrogens (tertiary/aromatic N) is 2. The molecular formula is C25H22N2O4. The van der Waals surface area contributed by atoms with E-state index in [1.165, 1.54) is 11.0 Å². The van der Waals surface area contributed by atoms with Gasteiger partial charge in [0.05, 0.1) is 17.3 Å². The molecule has 1 aromatic heterocycles. The SMILES string of the molecule is Cc1ccc(C)c(/C(O)=C2\C(=O)C(=O)N(c3cc(C)ccc3O)C2c2ccncc2)c1. The van der Waals surface area contributed by atoms with Crippen molar-refractivity contribution in [2.45, 2.75) is 26.8 Å². The standard InChI is InChI=1S/C25H22N2O4/c1-14-4-6-16(3)18(12-14)23(29)21-22(17-8-10-26-11-9-17)27(25(31)24(21)30)19-13-15(2)5-7-20(19)28/h4-13,22,28-29H,1-3H3/b23-21+. The number of amides is 1. The van der Waals surface area contributed by atoms with Crippen molar-refractivity contribution < 1.29 is 19.8 Å². The van der Waals surface area contributed by atoms with Crippen LogP contribution in [0.2, 0.25) is 0 Å². The van der Waals surface area contributed by atoms with Gasteiger partial charge >= 0.3 is 0 Å². The Kier molecular flexibility index (Phi) is 5.07. The number of anilines is 1. The summed E-state index contributed by atoms with van der Waals surface area (Å²) < 4.78 is 0. The molecule has 0 radical (unpaired) electrons. The van der Waals surface area contributed by atoms with Gasteiger partial charge in [-0.2, -0.15) is 0 Å². The number of ketones is 1. The summed E-state index contributed by atoms with van der Waals surface area (Å²) in [6.07, 6.45) is 3.12. The molecule has 156 valence electrons. The lowest BCUT2D eigenvalue weighted by Crippen LogP contribution is -2.29. The van der Waals surface area contributed by atoms with Gasteiger partial charge in [-0.25, -0.2) is 0 Å². The van der Waals surface area contributed by atoms with Crippen LogP contribution < -0.4 is 4.90 Å². The molecule has 2 aromatic carbocycles. The number of benzene rings is 2. The largest absolute Gasteiger partial charge is 0.507 e. The van der Waals surface area contributed by atoms with E-state index in [2.05, 4.69) is 4.98 Å². The predicted octanol–water partition coefficient (Wildman–Crippen LogP) is 4.34. The number of hydrogen-bond donors (Lipinski definition) is 2. The van der Waals surface area contributed by atoms with Gasteiger partial charge in [0.1, 0.15) is 11.5 Å². The summed E-state index contributed by atoms with van der Waals surface area (Å²) in [5.41, 5.74) is 3.79. The number of phenolic OH excluding ortho intramolecular Hbond substituents is 1. The Morgan fingerprint density at radius 3 is 2.29 bits per heavy atom. The van der Waals surface area contributed by atoms with Crippen molar-refractivity contribution in [3.63, 3.8) is 0 Å². The molecule has 0 spiro atoms. The molecule has 0 bridgehead atoms. The summed E-state index contributed by atoms with van der Waals surface area (Å²) in [5, 5.41) is 21.7. The molecule has 1 unspecified atom stereocenters. The van der Waals surface area contributed by atoms with E-state index in [1.807, 2.05) is 32.9 Å². The summed E-state index contributed by atoms with van der Waals surface area (Å²) in [6, 6.07) is 12.9. The van der Waals surface area contributed by atoms with Crippen molar-refractivity contribution in [1.29, 1.82) is 0 Å². The Balaban J connectivity index is 2.01. The van der Waals surface area contributed by atoms with Gasteiger partial charge in [-0.05, 0) is 67.8 Å². The second kappa shape index (κ2) is 7.72. The van der Waals surface area contributed by atoms with Crippen LogP contribution in [-0.2, 0) is 9.59 Å². The maximum atomic E-state index is 13.2. The van der Waals surface area contributed by atoms with E-state index in [0.717, 1.165) is 16.7 Å². The molecule has 2 N–H and O–H groups in total. The highest BCUT2D eigenvalue weighted by molar-refractivity contribution is 6.52. The number of aromatic hydroxyl groups is 1. The third-order valence-electron chi connectivity index (χ3n) is 5.50. The van der Waals surface area contributed by atoms with E-state index >= 15 is 0 Å². The summed E-state index contributed by atoms with van der Waals surface area (Å²) >= 11 is 0. The minimum Gasteiger partial charge on any atom is -0.507 e. The highest BCUT2D eigenvalue weighted by Crippen LogP contribution is 2.45. The molecule has 1 atom stereocenters. The number of carbonyl (C=O) groups is 2. The van der Waals surface area contributed by atoms with Crippen LogP contribution in [0.5, 0.6) is 5.75 Å². The molecule has 1 amide bonds. The van der Waals surface area contributed by atoms with Crippen molar-refractivity contribution in [3.8, 4) is 5.75 Å². The fourth-order valence-corrected chi connectivity index (χ4v) is 3.90. The number of hydrogen-bond acceptors (Lipinski definition) is 5. The number of carbonyl (C=O) groups excluding carboxylic acids is 2. The summed E-state index contributed by atoms with van der Waals surface area (Å²) in [7, 11) is 0. The van der Waals surface area contributed by atoms with Gasteiger partial charge in [0.15, 0.2) is 0 Å². The van der Waals surface area contributed by atoms with Crippen LogP contribution in [0.3, 0.4) is 0 Å². The Bertz CT molecular complexity index is 1230. The summed E-state index contributed by atoms with van der Waals surface area (Å²) in [6.45, 7) is 5.55. The van der Waals surface area contributed by atoms with E-state index < -0.39 is 17.7 Å². The highest BCUT2D eigenvalue weighted by atomic mass is 16.3. The Hall–Kier alpha value is -3.93. The fraction of sp³-hybridized carbons (Fsp3) is 0.160. The van der Waals surface area contributed by atoms with Crippen LogP contribution in [0.15, 0.2) is 66.5 Å². The second-order valence-corrected chi connectivity index (χ2v) is 7.76.